The largest absolute Gasteiger partial charge is 0.349 e. The maximum atomic E-state index is 12.5. The van der Waals surface area contributed by atoms with E-state index in [1.807, 2.05) is 25.2 Å². The molecule has 30 heavy (non-hydrogen) atoms. The van der Waals surface area contributed by atoms with Crippen molar-refractivity contribution in [1.29, 1.82) is 0 Å². The van der Waals surface area contributed by atoms with E-state index in [4.69, 9.17) is 0 Å². The Morgan fingerprint density at radius 3 is 2.57 bits per heavy atom. The van der Waals surface area contributed by atoms with E-state index in [1.54, 1.807) is 17.1 Å². The Morgan fingerprint density at radius 1 is 1.10 bits per heavy atom. The fraction of sp³-hybridized carbons (Fsp3) is 0.263. The van der Waals surface area contributed by atoms with E-state index in [1.165, 1.54) is 29.6 Å². The van der Waals surface area contributed by atoms with Crippen LogP contribution in [0.1, 0.15) is 5.69 Å². The zero-order chi connectivity index (χ0) is 21.4. The summed E-state index contributed by atoms with van der Waals surface area (Å²) in [5.41, 5.74) is 2.06. The molecule has 0 fully saturated rings. The Kier molecular flexibility index (Phi) is 4.78. The normalized spacial score (nSPS) is 11.2. The first-order chi connectivity index (χ1) is 14.4. The number of hydrogen-bond acceptors (Lipinski definition) is 6. The zero-order valence-corrected chi connectivity index (χ0v) is 16.7. The first-order valence-corrected chi connectivity index (χ1v) is 9.17. The monoisotopic (exact) mass is 408 g/mol. The summed E-state index contributed by atoms with van der Waals surface area (Å²) < 4.78 is 5.45. The van der Waals surface area contributed by atoms with Gasteiger partial charge in [-0.2, -0.15) is 5.10 Å². The van der Waals surface area contributed by atoms with Crippen molar-refractivity contribution in [3.05, 3.63) is 63.5 Å². The Hall–Kier alpha value is -4.02. The number of fused-ring (bicyclic) bond motifs is 1. The van der Waals surface area contributed by atoms with Gasteiger partial charge in [-0.15, -0.1) is 0 Å². The smallest absolute Gasteiger partial charge is 0.332 e. The van der Waals surface area contributed by atoms with Gasteiger partial charge in [0.15, 0.2) is 11.2 Å². The minimum absolute atomic E-state index is 0.103. The molecule has 11 heteroatoms. The quantitative estimate of drug-likeness (QED) is 0.477. The van der Waals surface area contributed by atoms with Gasteiger partial charge in [-0.25, -0.2) is 9.78 Å². The zero-order valence-electron chi connectivity index (χ0n) is 16.7. The number of amides is 1. The molecule has 4 heterocycles. The molecule has 11 nitrogen and oxygen atoms in total. The summed E-state index contributed by atoms with van der Waals surface area (Å²) >= 11 is 0. The summed E-state index contributed by atoms with van der Waals surface area (Å²) in [6, 6.07) is 5.67. The van der Waals surface area contributed by atoms with Gasteiger partial charge in [0.1, 0.15) is 6.54 Å². The van der Waals surface area contributed by atoms with Gasteiger partial charge >= 0.3 is 5.69 Å². The third-order valence-electron chi connectivity index (χ3n) is 4.90. The maximum Gasteiger partial charge on any atom is 0.332 e. The van der Waals surface area contributed by atoms with Crippen LogP contribution in [0.5, 0.6) is 0 Å². The molecular formula is C19H20N8O3. The lowest BCUT2D eigenvalue weighted by molar-refractivity contribution is -0.121. The summed E-state index contributed by atoms with van der Waals surface area (Å²) in [6.45, 7) is 0.134. The number of nitrogens with one attached hydrogen (secondary N) is 1. The first kappa shape index (κ1) is 19.3. The summed E-state index contributed by atoms with van der Waals surface area (Å²) in [5, 5.41) is 7.22. The van der Waals surface area contributed by atoms with Crippen molar-refractivity contribution >= 4 is 17.1 Å². The van der Waals surface area contributed by atoms with Crippen LogP contribution in [-0.4, -0.2) is 39.4 Å². The molecule has 0 aromatic carbocycles. The van der Waals surface area contributed by atoms with Crippen LogP contribution in [0.3, 0.4) is 0 Å². The number of nitrogens with zero attached hydrogens (tertiary/aromatic N) is 7. The van der Waals surface area contributed by atoms with Gasteiger partial charge in [0.25, 0.3) is 5.56 Å². The molecular weight excluding hydrogens is 388 g/mol. The average molecular weight is 408 g/mol. The number of aromatic nitrogens is 7. The Balaban J connectivity index is 1.50. The molecule has 0 unspecified atom stereocenters. The van der Waals surface area contributed by atoms with E-state index in [-0.39, 0.29) is 30.2 Å². The van der Waals surface area contributed by atoms with Crippen molar-refractivity contribution in [2.45, 2.75) is 13.1 Å². The van der Waals surface area contributed by atoms with E-state index in [0.29, 0.717) is 5.69 Å². The first-order valence-electron chi connectivity index (χ1n) is 9.17. The van der Waals surface area contributed by atoms with Gasteiger partial charge in [0.2, 0.25) is 5.91 Å². The number of carbonyl (C=O) groups is 1. The van der Waals surface area contributed by atoms with Crippen LogP contribution in [-0.2, 0) is 39.0 Å². The Morgan fingerprint density at radius 2 is 1.83 bits per heavy atom. The topological polar surface area (TPSA) is 122 Å². The number of hydrogen-bond donors (Lipinski definition) is 1. The third kappa shape index (κ3) is 3.30. The summed E-state index contributed by atoms with van der Waals surface area (Å²) in [4.78, 5) is 45.0. The molecule has 0 aliphatic heterocycles. The molecule has 4 aromatic rings. The highest BCUT2D eigenvalue weighted by molar-refractivity contribution is 5.78. The van der Waals surface area contributed by atoms with Gasteiger partial charge in [0, 0.05) is 39.1 Å². The molecule has 154 valence electrons. The van der Waals surface area contributed by atoms with Gasteiger partial charge in [-0.3, -0.25) is 28.4 Å². The van der Waals surface area contributed by atoms with Crippen LogP contribution in [0.2, 0.25) is 0 Å². The molecule has 1 amide bonds. The summed E-state index contributed by atoms with van der Waals surface area (Å²) in [5.74, 6) is -0.304. The molecule has 0 atom stereocenters. The van der Waals surface area contributed by atoms with E-state index >= 15 is 0 Å². The number of imidazole rings is 1. The molecule has 4 aromatic heterocycles. The fourth-order valence-corrected chi connectivity index (χ4v) is 3.32. The van der Waals surface area contributed by atoms with Crippen LogP contribution in [0.15, 0.2) is 46.5 Å². The van der Waals surface area contributed by atoms with E-state index in [9.17, 15) is 14.4 Å². The maximum absolute atomic E-state index is 12.5. The van der Waals surface area contributed by atoms with Crippen molar-refractivity contribution in [1.82, 2.24) is 38.8 Å². The summed E-state index contributed by atoms with van der Waals surface area (Å²) in [7, 11) is 4.75. The van der Waals surface area contributed by atoms with Gasteiger partial charge in [0.05, 0.1) is 24.3 Å². The molecule has 0 bridgehead atoms. The second-order valence-corrected chi connectivity index (χ2v) is 6.91. The van der Waals surface area contributed by atoms with Crippen LogP contribution in [0.25, 0.3) is 22.4 Å². The predicted molar refractivity (Wildman–Crippen MR) is 109 cm³/mol. The van der Waals surface area contributed by atoms with Gasteiger partial charge in [-0.05, 0) is 18.2 Å². The van der Waals surface area contributed by atoms with Crippen molar-refractivity contribution in [3.63, 3.8) is 0 Å². The molecule has 4 rings (SSSR count). The number of carbonyl (C=O) groups excluding carboxylic acids is 1. The lowest BCUT2D eigenvalue weighted by atomic mass is 10.2. The Labute approximate surface area is 170 Å². The molecule has 0 spiro atoms. The predicted octanol–water partition coefficient (Wildman–Crippen LogP) is -0.454. The number of rotatable bonds is 5. The lowest BCUT2D eigenvalue weighted by Crippen LogP contribution is -2.38. The molecule has 0 saturated carbocycles. The molecule has 0 radical (unpaired) electrons. The number of aryl methyl sites for hydroxylation is 2. The average Bonchev–Trinajstić information content (AvgIpc) is 3.33. The van der Waals surface area contributed by atoms with Crippen molar-refractivity contribution in [2.24, 2.45) is 21.1 Å². The van der Waals surface area contributed by atoms with E-state index in [2.05, 4.69) is 20.4 Å². The third-order valence-corrected chi connectivity index (χ3v) is 4.90. The van der Waals surface area contributed by atoms with Crippen LogP contribution in [0.4, 0.5) is 0 Å². The van der Waals surface area contributed by atoms with Crippen molar-refractivity contribution < 1.29 is 4.79 Å². The minimum Gasteiger partial charge on any atom is -0.349 e. The van der Waals surface area contributed by atoms with E-state index < -0.39 is 11.2 Å². The van der Waals surface area contributed by atoms with Gasteiger partial charge in [-0.1, -0.05) is 0 Å². The summed E-state index contributed by atoms with van der Waals surface area (Å²) in [6.07, 6.45) is 4.80. The molecule has 0 aliphatic carbocycles. The number of pyridine rings is 1. The van der Waals surface area contributed by atoms with Gasteiger partial charge < -0.3 is 9.88 Å². The molecule has 0 saturated heterocycles. The highest BCUT2D eigenvalue weighted by Gasteiger charge is 2.16. The van der Waals surface area contributed by atoms with Crippen LogP contribution < -0.4 is 16.6 Å². The van der Waals surface area contributed by atoms with Crippen molar-refractivity contribution in [2.75, 3.05) is 0 Å². The molecule has 0 aliphatic rings. The van der Waals surface area contributed by atoms with Crippen LogP contribution >= 0.6 is 0 Å². The SMILES string of the molecule is Cn1nc(CNC(=O)Cn2cnc3c2c(=O)n(C)c(=O)n3C)cc1-c1ccncc1. The highest BCUT2D eigenvalue weighted by atomic mass is 16.2. The Bertz CT molecular complexity index is 1360. The highest BCUT2D eigenvalue weighted by Crippen LogP contribution is 2.18. The standard InChI is InChI=1S/C19H20N8O3/c1-24-17-16(18(29)25(2)19(24)30)27(11-22-17)10-15(28)21-9-13-8-14(26(3)23-13)12-4-6-20-7-5-12/h4-8,11H,9-10H2,1-3H3,(H,21,28). The van der Waals surface area contributed by atoms with Crippen LogP contribution in [0, 0.1) is 0 Å². The fourth-order valence-electron chi connectivity index (χ4n) is 3.32. The second-order valence-electron chi connectivity index (χ2n) is 6.91. The lowest BCUT2D eigenvalue weighted by Gasteiger charge is -2.07. The van der Waals surface area contributed by atoms with E-state index in [0.717, 1.165) is 15.8 Å². The minimum atomic E-state index is -0.495. The van der Waals surface area contributed by atoms with Crippen molar-refractivity contribution in [3.8, 4) is 11.3 Å². The molecule has 1 N–H and O–H groups in total. The second kappa shape index (κ2) is 7.43.